The van der Waals surface area contributed by atoms with Crippen LogP contribution < -0.4 is 0 Å². The molecule has 0 radical (unpaired) electrons. The fraction of sp³-hybridized carbons (Fsp3) is 0.600. The lowest BCUT2D eigenvalue weighted by atomic mass is 10.6. The zero-order valence-corrected chi connectivity index (χ0v) is 2.68. The van der Waals surface area contributed by atoms with E-state index in [0.29, 0.717) is 12.6 Å². The van der Waals surface area contributed by atoms with Gasteiger partial charge >= 0.3 is 0 Å². The van der Waals surface area contributed by atoms with Gasteiger partial charge in [-0.1, -0.05) is 14.9 Å². The molecule has 0 N–H and O–H groups in total. The normalized spacial score (nSPS) is 4.57. The molecule has 0 aliphatic heterocycles. The molecule has 0 aromatic carbocycles. The van der Waals surface area contributed by atoms with Crippen molar-refractivity contribution >= 4 is 12.6 Å². The third kappa shape index (κ3) is 33.2. The van der Waals surface area contributed by atoms with Crippen LogP contribution in [0, 0.1) is 0 Å². The van der Waals surface area contributed by atoms with Gasteiger partial charge in [0.2, 0.25) is 0 Å². The smallest absolute Gasteiger partial charge is 0.127 e. The molecule has 0 atom stereocenters. The van der Waals surface area contributed by atoms with Crippen LogP contribution in [-0.2, 0) is 9.59 Å². The van der Waals surface area contributed by atoms with Gasteiger partial charge in [0.15, 0.2) is 0 Å². The molecule has 0 saturated carbocycles. The van der Waals surface area contributed by atoms with Crippen molar-refractivity contribution in [2.45, 2.75) is 21.3 Å². The van der Waals surface area contributed by atoms with E-state index in [9.17, 15) is 9.59 Å². The third-order valence-electron chi connectivity index (χ3n) is 0.192. The van der Waals surface area contributed by atoms with E-state index in [-0.39, 0.29) is 21.3 Å². The van der Waals surface area contributed by atoms with Gasteiger partial charge in [0, 0.05) is 0 Å². The first-order valence-corrected chi connectivity index (χ1v) is 1.29. The minimum atomic E-state index is 0. The van der Waals surface area contributed by atoms with Crippen LogP contribution in [0.3, 0.4) is 0 Å². The Morgan fingerprint density at radius 1 is 1.00 bits per heavy atom. The highest BCUT2D eigenvalue weighted by atomic mass is 16.1. The van der Waals surface area contributed by atoms with Crippen LogP contribution in [-0.4, -0.2) is 12.6 Å². The van der Waals surface area contributed by atoms with Crippen molar-refractivity contribution in [3.63, 3.8) is 0 Å². The summed E-state index contributed by atoms with van der Waals surface area (Å²) in [7, 11) is 0. The molecule has 0 aliphatic carbocycles. The highest BCUT2D eigenvalue weighted by molar-refractivity contribution is 5.72. The lowest BCUT2D eigenvalue weighted by Crippen LogP contribution is -1.69. The van der Waals surface area contributed by atoms with Crippen LogP contribution in [0.25, 0.3) is 0 Å². The lowest BCUT2D eigenvalue weighted by molar-refractivity contribution is -0.114. The van der Waals surface area contributed by atoms with E-state index in [2.05, 4.69) is 0 Å². The Hall–Kier alpha value is -0.660. The molecule has 0 aromatic rings. The molecule has 0 aliphatic rings. The number of carbonyl (C=O) groups excluding carboxylic acids is 2. The second-order valence-corrected chi connectivity index (χ2v) is 0.569. The van der Waals surface area contributed by atoms with Gasteiger partial charge < -0.3 is 9.59 Å². The fourth-order valence-corrected chi connectivity index (χ4v) is 0.0393. The van der Waals surface area contributed by atoms with E-state index in [1.807, 2.05) is 0 Å². The Balaban J connectivity index is -0.0000000800. The van der Waals surface area contributed by atoms with Crippen molar-refractivity contribution in [1.29, 1.82) is 0 Å². The van der Waals surface area contributed by atoms with Crippen LogP contribution in [0.5, 0.6) is 0 Å². The summed E-state index contributed by atoms with van der Waals surface area (Å²) in [6, 6.07) is 0. The standard InChI is InChI=1S/C3H4O2.2CH4/c4-2-1-3-5;;/h2-3H,1H2;2*1H4. The maximum atomic E-state index is 9.17. The monoisotopic (exact) mass is 104 g/mol. The number of rotatable bonds is 2. The average molecular weight is 104 g/mol. The average Bonchev–Trinajstić information content (AvgIpc) is 1.41. The predicted octanol–water partition coefficient (Wildman–Crippen LogP) is 1.05. The van der Waals surface area contributed by atoms with E-state index in [4.69, 9.17) is 0 Å². The molecular weight excluding hydrogens is 92.1 g/mol. The highest BCUT2D eigenvalue weighted by Gasteiger charge is 1.65. The van der Waals surface area contributed by atoms with E-state index in [1.54, 1.807) is 0 Å². The SMILES string of the molecule is C.C.O=CCC=O. The fourth-order valence-electron chi connectivity index (χ4n) is 0.0393. The molecule has 0 fully saturated rings. The van der Waals surface area contributed by atoms with Crippen molar-refractivity contribution in [3.05, 3.63) is 0 Å². The summed E-state index contributed by atoms with van der Waals surface area (Å²) < 4.78 is 0. The number of hydrogen-bond donors (Lipinski definition) is 0. The molecular formula is C5H12O2. The lowest BCUT2D eigenvalue weighted by Gasteiger charge is -1.53. The van der Waals surface area contributed by atoms with Gasteiger partial charge in [0.25, 0.3) is 0 Å². The summed E-state index contributed by atoms with van der Waals surface area (Å²) >= 11 is 0. The van der Waals surface area contributed by atoms with Crippen LogP contribution in [0.2, 0.25) is 0 Å². The minimum Gasteiger partial charge on any atom is -0.303 e. The molecule has 44 valence electrons. The first-order valence-electron chi connectivity index (χ1n) is 1.29. The Bertz CT molecular complexity index is 35.3. The molecule has 0 saturated heterocycles. The molecule has 2 heteroatoms. The van der Waals surface area contributed by atoms with Crippen molar-refractivity contribution in [2.75, 3.05) is 0 Å². The number of aldehydes is 2. The second kappa shape index (κ2) is 18.4. The molecule has 0 unspecified atom stereocenters. The molecule has 2 nitrogen and oxygen atoms in total. The van der Waals surface area contributed by atoms with Crippen molar-refractivity contribution in [3.8, 4) is 0 Å². The van der Waals surface area contributed by atoms with Crippen LogP contribution >= 0.6 is 0 Å². The van der Waals surface area contributed by atoms with E-state index < -0.39 is 0 Å². The van der Waals surface area contributed by atoms with Crippen LogP contribution in [0.4, 0.5) is 0 Å². The Labute approximate surface area is 44.5 Å². The molecule has 0 amide bonds. The van der Waals surface area contributed by atoms with Gasteiger partial charge in [-0.05, 0) is 0 Å². The summed E-state index contributed by atoms with van der Waals surface area (Å²) in [5.41, 5.74) is 0. The quantitative estimate of drug-likeness (QED) is 0.387. The first kappa shape index (κ1) is 16.2. The summed E-state index contributed by atoms with van der Waals surface area (Å²) in [5, 5.41) is 0. The van der Waals surface area contributed by atoms with Gasteiger partial charge in [-0.3, -0.25) is 0 Å². The van der Waals surface area contributed by atoms with Gasteiger partial charge in [0.1, 0.15) is 12.6 Å². The van der Waals surface area contributed by atoms with Gasteiger partial charge in [-0.15, -0.1) is 0 Å². The van der Waals surface area contributed by atoms with E-state index in [0.717, 1.165) is 0 Å². The van der Waals surface area contributed by atoms with Crippen molar-refractivity contribution in [1.82, 2.24) is 0 Å². The topological polar surface area (TPSA) is 34.1 Å². The second-order valence-electron chi connectivity index (χ2n) is 0.569. The summed E-state index contributed by atoms with van der Waals surface area (Å²) in [4.78, 5) is 18.3. The van der Waals surface area contributed by atoms with Crippen molar-refractivity contribution in [2.24, 2.45) is 0 Å². The summed E-state index contributed by atoms with van der Waals surface area (Å²) in [6.45, 7) is 0. The first-order chi connectivity index (χ1) is 2.41. The molecule has 0 spiro atoms. The maximum absolute atomic E-state index is 9.17. The zero-order chi connectivity index (χ0) is 4.12. The molecule has 0 bridgehead atoms. The molecule has 0 heterocycles. The number of carbonyl (C=O) groups is 2. The maximum Gasteiger partial charge on any atom is 0.127 e. The van der Waals surface area contributed by atoms with Gasteiger partial charge in [0.05, 0.1) is 6.42 Å². The van der Waals surface area contributed by atoms with Gasteiger partial charge in [-0.2, -0.15) is 0 Å². The molecule has 0 rings (SSSR count). The summed E-state index contributed by atoms with van der Waals surface area (Å²) in [6.07, 6.45) is 1.15. The molecule has 7 heavy (non-hydrogen) atoms. The Morgan fingerprint density at radius 2 is 1.29 bits per heavy atom. The van der Waals surface area contributed by atoms with Crippen molar-refractivity contribution < 1.29 is 9.59 Å². The Kier molecular flexibility index (Phi) is 42.5. The third-order valence-corrected chi connectivity index (χ3v) is 0.192. The van der Waals surface area contributed by atoms with Crippen LogP contribution in [0.1, 0.15) is 21.3 Å². The number of hydrogen-bond acceptors (Lipinski definition) is 2. The van der Waals surface area contributed by atoms with E-state index in [1.165, 1.54) is 0 Å². The minimum absolute atomic E-state index is 0. The zero-order valence-electron chi connectivity index (χ0n) is 2.68. The largest absolute Gasteiger partial charge is 0.303 e. The summed E-state index contributed by atoms with van der Waals surface area (Å²) in [5.74, 6) is 0. The van der Waals surface area contributed by atoms with Gasteiger partial charge in [-0.25, -0.2) is 0 Å². The Morgan fingerprint density at radius 3 is 1.29 bits per heavy atom. The predicted molar refractivity (Wildman–Crippen MR) is 30.2 cm³/mol. The van der Waals surface area contributed by atoms with Crippen LogP contribution in [0.15, 0.2) is 0 Å². The highest BCUT2D eigenvalue weighted by Crippen LogP contribution is 1.50. The van der Waals surface area contributed by atoms with E-state index >= 15 is 0 Å². The molecule has 0 aromatic heterocycles.